The minimum Gasteiger partial charge on any atom is -0.316 e. The van der Waals surface area contributed by atoms with Gasteiger partial charge in [-0.3, -0.25) is 0 Å². The molecule has 2 aromatic rings. The maximum absolute atomic E-state index is 6.33. The molecule has 0 fully saturated rings. The second-order valence-electron chi connectivity index (χ2n) is 4.94. The summed E-state index contributed by atoms with van der Waals surface area (Å²) < 4.78 is 1.13. The Labute approximate surface area is 144 Å². The molecule has 1 N–H and O–H groups in total. The van der Waals surface area contributed by atoms with Crippen molar-refractivity contribution in [1.29, 1.82) is 0 Å². The molecule has 0 aliphatic heterocycles. The maximum Gasteiger partial charge on any atom is 0.0624 e. The third kappa shape index (κ3) is 4.46. The Morgan fingerprint density at radius 3 is 2.57 bits per heavy atom. The van der Waals surface area contributed by atoms with Crippen molar-refractivity contribution in [3.63, 3.8) is 0 Å². The van der Waals surface area contributed by atoms with Crippen LogP contribution in [0.2, 0.25) is 10.0 Å². The van der Waals surface area contributed by atoms with E-state index in [9.17, 15) is 0 Å². The summed E-state index contributed by atoms with van der Waals surface area (Å²) in [6.45, 7) is 3.97. The topological polar surface area (TPSA) is 12.0 Å². The number of nitrogens with one attached hydrogen (secondary N) is 1. The van der Waals surface area contributed by atoms with Crippen LogP contribution in [-0.2, 0) is 6.42 Å². The van der Waals surface area contributed by atoms with Crippen molar-refractivity contribution in [2.24, 2.45) is 0 Å². The van der Waals surface area contributed by atoms with Crippen LogP contribution in [0.3, 0.4) is 0 Å². The van der Waals surface area contributed by atoms with Gasteiger partial charge >= 0.3 is 0 Å². The fourth-order valence-corrected chi connectivity index (χ4v) is 3.39. The van der Waals surface area contributed by atoms with Crippen molar-refractivity contribution >= 4 is 39.1 Å². The van der Waals surface area contributed by atoms with Crippen molar-refractivity contribution in [3.8, 4) is 0 Å². The minimum absolute atomic E-state index is 0.344. The molecule has 0 aromatic heterocycles. The molecule has 0 heterocycles. The summed E-state index contributed by atoms with van der Waals surface area (Å²) in [5, 5.41) is 4.71. The standard InChI is InChI=1S/C17H18BrCl2N/c1-2-21-11-13(14-7-3-4-8-15(14)18)10-12-6-5-9-16(19)17(12)20/h3-9,13,21H,2,10-11H2,1H3. The van der Waals surface area contributed by atoms with Crippen molar-refractivity contribution in [2.45, 2.75) is 19.3 Å². The van der Waals surface area contributed by atoms with Gasteiger partial charge in [0.15, 0.2) is 0 Å². The van der Waals surface area contributed by atoms with Crippen LogP contribution in [-0.4, -0.2) is 13.1 Å². The van der Waals surface area contributed by atoms with Crippen LogP contribution >= 0.6 is 39.1 Å². The molecule has 0 aliphatic carbocycles. The van der Waals surface area contributed by atoms with E-state index in [4.69, 9.17) is 23.2 Å². The van der Waals surface area contributed by atoms with Gasteiger partial charge in [0, 0.05) is 16.9 Å². The van der Waals surface area contributed by atoms with E-state index >= 15 is 0 Å². The van der Waals surface area contributed by atoms with E-state index in [0.717, 1.165) is 29.5 Å². The highest BCUT2D eigenvalue weighted by atomic mass is 79.9. The van der Waals surface area contributed by atoms with Crippen molar-refractivity contribution in [3.05, 3.63) is 68.1 Å². The predicted octanol–water partition coefficient (Wildman–Crippen LogP) is 5.69. The van der Waals surface area contributed by atoms with Gasteiger partial charge in [-0.2, -0.15) is 0 Å². The number of rotatable bonds is 6. The normalized spacial score (nSPS) is 12.4. The summed E-state index contributed by atoms with van der Waals surface area (Å²) in [5.74, 6) is 0.344. The number of benzene rings is 2. The zero-order valence-electron chi connectivity index (χ0n) is 11.9. The Morgan fingerprint density at radius 1 is 1.10 bits per heavy atom. The minimum atomic E-state index is 0.344. The van der Waals surface area contributed by atoms with E-state index in [1.54, 1.807) is 0 Å². The first-order valence-corrected chi connectivity index (χ1v) is 8.56. The zero-order valence-corrected chi connectivity index (χ0v) is 15.0. The Kier molecular flexibility index (Phi) is 6.56. The van der Waals surface area contributed by atoms with E-state index in [1.165, 1.54) is 5.56 Å². The quantitative estimate of drug-likeness (QED) is 0.672. The first kappa shape index (κ1) is 16.8. The van der Waals surface area contributed by atoms with Crippen molar-refractivity contribution in [2.75, 3.05) is 13.1 Å². The molecule has 1 atom stereocenters. The smallest absolute Gasteiger partial charge is 0.0624 e. The predicted molar refractivity (Wildman–Crippen MR) is 95.6 cm³/mol. The zero-order chi connectivity index (χ0) is 15.2. The molecule has 0 aliphatic rings. The Hall–Kier alpha value is -0.540. The van der Waals surface area contributed by atoms with Gasteiger partial charge in [-0.15, -0.1) is 0 Å². The van der Waals surface area contributed by atoms with Crippen LogP contribution in [0.25, 0.3) is 0 Å². The van der Waals surface area contributed by atoms with E-state index < -0.39 is 0 Å². The second-order valence-corrected chi connectivity index (χ2v) is 6.58. The van der Waals surface area contributed by atoms with E-state index in [1.807, 2.05) is 24.3 Å². The first-order chi connectivity index (χ1) is 10.1. The molecule has 0 amide bonds. The lowest BCUT2D eigenvalue weighted by Gasteiger charge is -2.20. The van der Waals surface area contributed by atoms with Crippen LogP contribution in [0, 0.1) is 0 Å². The highest BCUT2D eigenvalue weighted by molar-refractivity contribution is 9.10. The molecule has 0 bridgehead atoms. The third-order valence-corrected chi connectivity index (χ3v) is 5.06. The summed E-state index contributed by atoms with van der Waals surface area (Å²) in [5.41, 5.74) is 2.37. The summed E-state index contributed by atoms with van der Waals surface area (Å²) in [6, 6.07) is 14.2. The average molecular weight is 387 g/mol. The van der Waals surface area contributed by atoms with Gasteiger partial charge in [-0.05, 0) is 36.2 Å². The van der Waals surface area contributed by atoms with Gasteiger partial charge in [0.25, 0.3) is 0 Å². The largest absolute Gasteiger partial charge is 0.316 e. The summed E-state index contributed by atoms with van der Waals surface area (Å²) in [6.07, 6.45) is 0.856. The second kappa shape index (κ2) is 8.19. The first-order valence-electron chi connectivity index (χ1n) is 7.01. The number of halogens is 3. The summed E-state index contributed by atoms with van der Waals surface area (Å²) >= 11 is 16.1. The van der Waals surface area contributed by atoms with Crippen LogP contribution in [0.4, 0.5) is 0 Å². The Bertz CT molecular complexity index is 601. The maximum atomic E-state index is 6.33. The van der Waals surface area contributed by atoms with Gasteiger partial charge in [0.1, 0.15) is 0 Å². The van der Waals surface area contributed by atoms with Gasteiger partial charge < -0.3 is 5.32 Å². The molecule has 2 rings (SSSR count). The molecule has 21 heavy (non-hydrogen) atoms. The van der Waals surface area contributed by atoms with Gasteiger partial charge in [0.2, 0.25) is 0 Å². The fourth-order valence-electron chi connectivity index (χ4n) is 2.39. The molecule has 1 unspecified atom stereocenters. The molecule has 0 saturated heterocycles. The monoisotopic (exact) mass is 385 g/mol. The number of hydrogen-bond acceptors (Lipinski definition) is 1. The van der Waals surface area contributed by atoms with E-state index in [2.05, 4.69) is 46.4 Å². The van der Waals surface area contributed by atoms with Crippen LogP contribution in [0.1, 0.15) is 24.0 Å². The molecular formula is C17H18BrCl2N. The molecule has 0 spiro atoms. The van der Waals surface area contributed by atoms with E-state index in [-0.39, 0.29) is 0 Å². The fraction of sp³-hybridized carbons (Fsp3) is 0.294. The highest BCUT2D eigenvalue weighted by Crippen LogP contribution is 2.32. The molecule has 1 nitrogen and oxygen atoms in total. The molecular weight excluding hydrogens is 369 g/mol. The average Bonchev–Trinajstić information content (AvgIpc) is 2.48. The molecule has 4 heteroatoms. The SMILES string of the molecule is CCNCC(Cc1cccc(Cl)c1Cl)c1ccccc1Br. The van der Waals surface area contributed by atoms with E-state index in [0.29, 0.717) is 16.0 Å². The Morgan fingerprint density at radius 2 is 1.86 bits per heavy atom. The summed E-state index contributed by atoms with van der Waals surface area (Å²) in [7, 11) is 0. The van der Waals surface area contributed by atoms with Gasteiger partial charge in [0.05, 0.1) is 10.0 Å². The lowest BCUT2D eigenvalue weighted by atomic mass is 9.92. The van der Waals surface area contributed by atoms with Crippen molar-refractivity contribution < 1.29 is 0 Å². The number of likely N-dealkylation sites (N-methyl/N-ethyl adjacent to an activating group) is 1. The van der Waals surface area contributed by atoms with Crippen molar-refractivity contribution in [1.82, 2.24) is 5.32 Å². The third-order valence-electron chi connectivity index (χ3n) is 3.48. The molecule has 112 valence electrons. The Balaban J connectivity index is 2.28. The van der Waals surface area contributed by atoms with Crippen LogP contribution in [0.15, 0.2) is 46.9 Å². The van der Waals surface area contributed by atoms with Crippen LogP contribution in [0.5, 0.6) is 0 Å². The molecule has 0 saturated carbocycles. The molecule has 0 radical (unpaired) electrons. The lowest BCUT2D eigenvalue weighted by molar-refractivity contribution is 0.593. The lowest BCUT2D eigenvalue weighted by Crippen LogP contribution is -2.23. The highest BCUT2D eigenvalue weighted by Gasteiger charge is 2.17. The van der Waals surface area contributed by atoms with Gasteiger partial charge in [-0.25, -0.2) is 0 Å². The van der Waals surface area contributed by atoms with Crippen LogP contribution < -0.4 is 5.32 Å². The number of hydrogen-bond donors (Lipinski definition) is 1. The summed E-state index contributed by atoms with van der Waals surface area (Å²) in [4.78, 5) is 0. The molecule has 2 aromatic carbocycles. The van der Waals surface area contributed by atoms with Gasteiger partial charge in [-0.1, -0.05) is 76.4 Å².